The number of hydrogen-bond acceptors (Lipinski definition) is 4. The number of hydrogen-bond donors (Lipinski definition) is 3. The normalized spacial score (nSPS) is 10.2. The van der Waals surface area contributed by atoms with Gasteiger partial charge in [0.1, 0.15) is 5.75 Å². The van der Waals surface area contributed by atoms with Crippen LogP contribution in [0.15, 0.2) is 53.6 Å². The molecule has 7 heteroatoms. The third-order valence-electron chi connectivity index (χ3n) is 2.94. The highest BCUT2D eigenvalue weighted by atomic mass is 32.1. The van der Waals surface area contributed by atoms with E-state index in [0.29, 0.717) is 5.11 Å². The summed E-state index contributed by atoms with van der Waals surface area (Å²) >= 11 is 5.17. The molecule has 0 bridgehead atoms. The molecule has 2 rings (SSSR count). The van der Waals surface area contributed by atoms with Crippen molar-refractivity contribution in [2.45, 2.75) is 6.92 Å². The molecule has 0 radical (unpaired) electrons. The summed E-state index contributed by atoms with van der Waals surface area (Å²) < 4.78 is 5.15. The van der Waals surface area contributed by atoms with Gasteiger partial charge in [0.25, 0.3) is 0 Å². The summed E-state index contributed by atoms with van der Waals surface area (Å²) in [7, 11) is 1.61. The number of benzene rings is 2. The van der Waals surface area contributed by atoms with Crippen LogP contribution in [0.25, 0.3) is 0 Å². The maximum atomic E-state index is 11.0. The van der Waals surface area contributed by atoms with Gasteiger partial charge in [0.05, 0.1) is 13.3 Å². The van der Waals surface area contributed by atoms with Crippen LogP contribution in [-0.2, 0) is 4.79 Å². The molecule has 24 heavy (non-hydrogen) atoms. The minimum atomic E-state index is -0.105. The monoisotopic (exact) mass is 342 g/mol. The number of nitrogens with zero attached hydrogens (tertiary/aromatic N) is 1. The number of methoxy groups -OCH3 is 1. The van der Waals surface area contributed by atoms with E-state index in [1.165, 1.54) is 6.92 Å². The number of rotatable bonds is 5. The van der Waals surface area contributed by atoms with Crippen molar-refractivity contribution in [1.82, 2.24) is 5.43 Å². The van der Waals surface area contributed by atoms with Crippen molar-refractivity contribution < 1.29 is 9.53 Å². The first-order chi connectivity index (χ1) is 11.6. The van der Waals surface area contributed by atoms with Crippen molar-refractivity contribution in [3.8, 4) is 5.75 Å². The van der Waals surface area contributed by atoms with Crippen LogP contribution in [0.1, 0.15) is 12.5 Å². The lowest BCUT2D eigenvalue weighted by Gasteiger charge is -2.08. The second-order valence-electron chi connectivity index (χ2n) is 4.86. The first-order valence-electron chi connectivity index (χ1n) is 7.18. The van der Waals surface area contributed by atoms with Crippen LogP contribution in [0.3, 0.4) is 0 Å². The molecule has 2 aromatic carbocycles. The van der Waals surface area contributed by atoms with Gasteiger partial charge in [0.15, 0.2) is 5.11 Å². The van der Waals surface area contributed by atoms with E-state index in [-0.39, 0.29) is 5.91 Å². The Kier molecular flexibility index (Phi) is 6.27. The Morgan fingerprint density at radius 1 is 1.12 bits per heavy atom. The largest absolute Gasteiger partial charge is 0.497 e. The predicted molar refractivity (Wildman–Crippen MR) is 101 cm³/mol. The smallest absolute Gasteiger partial charge is 0.221 e. The number of hydrazone groups is 1. The van der Waals surface area contributed by atoms with Crippen LogP contribution in [0.2, 0.25) is 0 Å². The number of carbonyl (C=O) groups is 1. The maximum absolute atomic E-state index is 11.0. The molecule has 6 nitrogen and oxygen atoms in total. The SMILES string of the molecule is COc1cccc(NC(=S)N/N=C\c2ccc(NC(C)=O)cc2)c1. The second kappa shape index (κ2) is 8.64. The summed E-state index contributed by atoms with van der Waals surface area (Å²) in [6.45, 7) is 1.47. The highest BCUT2D eigenvalue weighted by molar-refractivity contribution is 7.80. The Bertz CT molecular complexity index is 745. The van der Waals surface area contributed by atoms with Gasteiger partial charge in [0, 0.05) is 24.4 Å². The van der Waals surface area contributed by atoms with Crippen molar-refractivity contribution in [1.29, 1.82) is 0 Å². The molecule has 2 aromatic rings. The first-order valence-corrected chi connectivity index (χ1v) is 7.59. The standard InChI is InChI=1S/C17H18N4O2S/c1-12(22)19-14-8-6-13(7-9-14)11-18-21-17(24)20-15-4-3-5-16(10-15)23-2/h3-11H,1-2H3,(H,19,22)(H2,20,21,24)/b18-11-. The quantitative estimate of drug-likeness (QED) is 0.442. The van der Waals surface area contributed by atoms with Crippen molar-refractivity contribution in [2.75, 3.05) is 17.7 Å². The van der Waals surface area contributed by atoms with E-state index in [2.05, 4.69) is 21.2 Å². The van der Waals surface area contributed by atoms with E-state index in [1.807, 2.05) is 36.4 Å². The second-order valence-corrected chi connectivity index (χ2v) is 5.27. The van der Waals surface area contributed by atoms with Gasteiger partial charge in [-0.05, 0) is 42.0 Å². The highest BCUT2D eigenvalue weighted by Gasteiger charge is 1.98. The van der Waals surface area contributed by atoms with E-state index in [4.69, 9.17) is 17.0 Å². The van der Waals surface area contributed by atoms with Crippen LogP contribution in [0, 0.1) is 0 Å². The van der Waals surface area contributed by atoms with Crippen LogP contribution in [0.5, 0.6) is 5.75 Å². The molecule has 0 saturated carbocycles. The lowest BCUT2D eigenvalue weighted by atomic mass is 10.2. The van der Waals surface area contributed by atoms with Crippen LogP contribution in [-0.4, -0.2) is 24.3 Å². The van der Waals surface area contributed by atoms with Crippen molar-refractivity contribution in [2.24, 2.45) is 5.10 Å². The molecule has 1 amide bonds. The van der Waals surface area contributed by atoms with Crippen molar-refractivity contribution >= 4 is 40.8 Å². The van der Waals surface area contributed by atoms with Crippen molar-refractivity contribution in [3.63, 3.8) is 0 Å². The summed E-state index contributed by atoms with van der Waals surface area (Å²) in [5.41, 5.74) is 5.16. The topological polar surface area (TPSA) is 74.8 Å². The van der Waals surface area contributed by atoms with Crippen molar-refractivity contribution in [3.05, 3.63) is 54.1 Å². The Hall–Kier alpha value is -2.93. The van der Waals surface area contributed by atoms with Gasteiger partial charge < -0.3 is 15.4 Å². The Balaban J connectivity index is 1.86. The summed E-state index contributed by atoms with van der Waals surface area (Å²) in [6.07, 6.45) is 1.64. The molecule has 0 fully saturated rings. The molecule has 0 spiro atoms. The lowest BCUT2D eigenvalue weighted by Crippen LogP contribution is -2.23. The molecular weight excluding hydrogens is 324 g/mol. The number of anilines is 2. The fraction of sp³-hybridized carbons (Fsp3) is 0.118. The van der Waals surface area contributed by atoms with Gasteiger partial charge in [0.2, 0.25) is 5.91 Å². The number of ether oxygens (including phenoxy) is 1. The summed E-state index contributed by atoms with van der Waals surface area (Å²) in [6, 6.07) is 14.7. The van der Waals surface area contributed by atoms with E-state index < -0.39 is 0 Å². The third kappa shape index (κ3) is 5.69. The molecule has 0 heterocycles. The van der Waals surface area contributed by atoms with Gasteiger partial charge >= 0.3 is 0 Å². The van der Waals surface area contributed by atoms with E-state index in [0.717, 1.165) is 22.7 Å². The van der Waals surface area contributed by atoms with Gasteiger partial charge in [-0.25, -0.2) is 0 Å². The average Bonchev–Trinajstić information content (AvgIpc) is 2.56. The highest BCUT2D eigenvalue weighted by Crippen LogP contribution is 2.16. The van der Waals surface area contributed by atoms with E-state index in [1.54, 1.807) is 25.5 Å². The van der Waals surface area contributed by atoms with Crippen LogP contribution in [0.4, 0.5) is 11.4 Å². The van der Waals surface area contributed by atoms with Crippen LogP contribution >= 0.6 is 12.2 Å². The number of nitrogens with one attached hydrogen (secondary N) is 3. The molecule has 3 N–H and O–H groups in total. The minimum Gasteiger partial charge on any atom is -0.497 e. The molecule has 0 atom stereocenters. The lowest BCUT2D eigenvalue weighted by molar-refractivity contribution is -0.114. The minimum absolute atomic E-state index is 0.105. The summed E-state index contributed by atoms with van der Waals surface area (Å²) in [4.78, 5) is 11.0. The van der Waals surface area contributed by atoms with Crippen LogP contribution < -0.4 is 20.8 Å². The molecule has 0 aliphatic rings. The summed E-state index contributed by atoms with van der Waals surface area (Å²) in [5.74, 6) is 0.637. The van der Waals surface area contributed by atoms with E-state index >= 15 is 0 Å². The zero-order chi connectivity index (χ0) is 17.4. The Labute approximate surface area is 145 Å². The van der Waals surface area contributed by atoms with E-state index in [9.17, 15) is 4.79 Å². The fourth-order valence-electron chi connectivity index (χ4n) is 1.88. The Morgan fingerprint density at radius 3 is 2.54 bits per heavy atom. The fourth-order valence-corrected chi connectivity index (χ4v) is 2.05. The Morgan fingerprint density at radius 2 is 1.88 bits per heavy atom. The number of amides is 1. The van der Waals surface area contributed by atoms with Gasteiger partial charge in [-0.2, -0.15) is 5.10 Å². The number of carbonyl (C=O) groups excluding carboxylic acids is 1. The average molecular weight is 342 g/mol. The van der Waals surface area contributed by atoms with Gasteiger partial charge in [-0.3, -0.25) is 10.2 Å². The molecule has 0 aromatic heterocycles. The zero-order valence-electron chi connectivity index (χ0n) is 13.4. The van der Waals surface area contributed by atoms with Gasteiger partial charge in [-0.15, -0.1) is 0 Å². The zero-order valence-corrected chi connectivity index (χ0v) is 14.2. The maximum Gasteiger partial charge on any atom is 0.221 e. The molecule has 0 saturated heterocycles. The summed E-state index contributed by atoms with van der Waals surface area (Å²) in [5, 5.41) is 10.2. The third-order valence-corrected chi connectivity index (χ3v) is 3.13. The van der Waals surface area contributed by atoms with Gasteiger partial charge in [-0.1, -0.05) is 18.2 Å². The molecule has 124 valence electrons. The number of thiocarbonyl (C=S) groups is 1. The predicted octanol–water partition coefficient (Wildman–Crippen LogP) is 2.97. The molecule has 0 aliphatic heterocycles. The first kappa shape index (κ1) is 17.4. The molecule has 0 aliphatic carbocycles. The molecule has 0 unspecified atom stereocenters. The molecular formula is C17H18N4O2S.